The van der Waals surface area contributed by atoms with Crippen molar-refractivity contribution in [3.8, 4) is 0 Å². The lowest BCUT2D eigenvalue weighted by Crippen LogP contribution is -2.10. The highest BCUT2D eigenvalue weighted by atomic mass is 35.5. The minimum Gasteiger partial charge on any atom is -0.341 e. The van der Waals surface area contributed by atoms with Crippen LogP contribution in [0.25, 0.3) is 11.2 Å². The van der Waals surface area contributed by atoms with Crippen LogP contribution >= 0.6 is 11.6 Å². The predicted molar refractivity (Wildman–Crippen MR) is 54.5 cm³/mol. The number of halogens is 1. The van der Waals surface area contributed by atoms with E-state index in [0.29, 0.717) is 11.2 Å². The van der Waals surface area contributed by atoms with E-state index in [1.54, 1.807) is 0 Å². The van der Waals surface area contributed by atoms with E-state index in [4.69, 9.17) is 11.6 Å². The molecule has 0 fully saturated rings. The molecule has 0 bridgehead atoms. The third-order valence-corrected chi connectivity index (χ3v) is 3.88. The Hall–Kier alpha value is -1.21. The fourth-order valence-corrected chi connectivity index (χ4v) is 2.85. The van der Waals surface area contributed by atoms with Gasteiger partial charge in [0.15, 0.2) is 20.5 Å². The topological polar surface area (TPSA) is 88.6 Å². The molecule has 2 aromatic heterocycles. The Morgan fingerprint density at radius 1 is 1.33 bits per heavy atom. The minimum atomic E-state index is -3.46. The lowest BCUT2D eigenvalue weighted by molar-refractivity contribution is 0.594. The standard InChI is InChI=1S/C7H7ClN4O2S/c8-1-2-15(13,14)7-5-6(10-3-9-5)11-4-12-7/h3-4H,1-2H2,(H,9,10,11,12). The summed E-state index contributed by atoms with van der Waals surface area (Å²) in [6.45, 7) is 0. The molecule has 0 saturated heterocycles. The summed E-state index contributed by atoms with van der Waals surface area (Å²) in [4.78, 5) is 14.1. The van der Waals surface area contributed by atoms with Crippen LogP contribution in [0, 0.1) is 0 Å². The zero-order chi connectivity index (χ0) is 10.9. The number of alkyl halides is 1. The van der Waals surface area contributed by atoms with Gasteiger partial charge in [-0.1, -0.05) is 0 Å². The Morgan fingerprint density at radius 3 is 2.87 bits per heavy atom. The average Bonchev–Trinajstić information content (AvgIpc) is 2.64. The van der Waals surface area contributed by atoms with Crippen LogP contribution in [-0.4, -0.2) is 40.0 Å². The second-order valence-corrected chi connectivity index (χ2v) is 5.19. The molecule has 0 spiro atoms. The molecular formula is C7H7ClN4O2S. The van der Waals surface area contributed by atoms with Crippen LogP contribution < -0.4 is 0 Å². The smallest absolute Gasteiger partial charge is 0.199 e. The van der Waals surface area contributed by atoms with Crippen LogP contribution in [0.15, 0.2) is 17.7 Å². The second-order valence-electron chi connectivity index (χ2n) is 2.79. The molecule has 0 amide bonds. The molecule has 6 nitrogen and oxygen atoms in total. The van der Waals surface area contributed by atoms with E-state index in [1.807, 2.05) is 0 Å². The number of rotatable bonds is 3. The first-order chi connectivity index (χ1) is 7.15. The lowest BCUT2D eigenvalue weighted by Gasteiger charge is -2.00. The van der Waals surface area contributed by atoms with Gasteiger partial charge in [-0.2, -0.15) is 0 Å². The van der Waals surface area contributed by atoms with Crippen LogP contribution in [0.2, 0.25) is 0 Å². The summed E-state index contributed by atoms with van der Waals surface area (Å²) in [6.07, 6.45) is 2.54. The first-order valence-electron chi connectivity index (χ1n) is 4.08. The van der Waals surface area contributed by atoms with Gasteiger partial charge < -0.3 is 4.98 Å². The molecule has 15 heavy (non-hydrogen) atoms. The molecule has 2 aromatic rings. The van der Waals surface area contributed by atoms with Crippen molar-refractivity contribution in [3.05, 3.63) is 12.7 Å². The normalized spacial score (nSPS) is 12.1. The maximum absolute atomic E-state index is 11.7. The fraction of sp³-hybridized carbons (Fsp3) is 0.286. The Kier molecular flexibility index (Phi) is 2.57. The van der Waals surface area contributed by atoms with Crippen LogP contribution in [0.5, 0.6) is 0 Å². The van der Waals surface area contributed by atoms with Gasteiger partial charge in [0, 0.05) is 5.88 Å². The van der Waals surface area contributed by atoms with Crippen molar-refractivity contribution < 1.29 is 8.42 Å². The minimum absolute atomic E-state index is 0.0297. The predicted octanol–water partition coefficient (Wildman–Crippen LogP) is 0.365. The lowest BCUT2D eigenvalue weighted by atomic mass is 10.6. The SMILES string of the molecule is O=S(=O)(CCCl)c1ncnc2nc[nH]c12. The Labute approximate surface area is 90.6 Å². The zero-order valence-corrected chi connectivity index (χ0v) is 9.09. The number of H-pyrrole nitrogens is 1. The van der Waals surface area contributed by atoms with E-state index in [0.717, 1.165) is 0 Å². The number of nitrogens with zero attached hydrogens (tertiary/aromatic N) is 3. The molecule has 0 atom stereocenters. The summed E-state index contributed by atoms with van der Waals surface area (Å²) < 4.78 is 23.4. The van der Waals surface area contributed by atoms with Crippen molar-refractivity contribution in [3.63, 3.8) is 0 Å². The van der Waals surface area contributed by atoms with Crippen molar-refractivity contribution in [2.45, 2.75) is 5.03 Å². The van der Waals surface area contributed by atoms with Crippen molar-refractivity contribution >= 4 is 32.6 Å². The second kappa shape index (κ2) is 3.74. The molecule has 0 aliphatic heterocycles. The van der Waals surface area contributed by atoms with Gasteiger partial charge in [-0.3, -0.25) is 0 Å². The van der Waals surface area contributed by atoms with E-state index in [9.17, 15) is 8.42 Å². The number of hydrogen-bond acceptors (Lipinski definition) is 5. The van der Waals surface area contributed by atoms with Crippen LogP contribution in [-0.2, 0) is 9.84 Å². The van der Waals surface area contributed by atoms with Gasteiger partial charge in [0.25, 0.3) is 0 Å². The summed E-state index contributed by atoms with van der Waals surface area (Å²) >= 11 is 5.41. The maximum Gasteiger partial charge on any atom is 0.199 e. The molecule has 80 valence electrons. The third kappa shape index (κ3) is 1.80. The number of aromatic nitrogens is 4. The van der Waals surface area contributed by atoms with Crippen molar-refractivity contribution in [2.24, 2.45) is 0 Å². The van der Waals surface area contributed by atoms with Gasteiger partial charge in [-0.05, 0) is 0 Å². The summed E-state index contributed by atoms with van der Waals surface area (Å²) in [7, 11) is -3.46. The highest BCUT2D eigenvalue weighted by Gasteiger charge is 2.20. The number of hydrogen-bond donors (Lipinski definition) is 1. The molecule has 2 rings (SSSR count). The number of fused-ring (bicyclic) bond motifs is 1. The number of imidazole rings is 1. The first kappa shape index (κ1) is 10.3. The Morgan fingerprint density at radius 2 is 2.13 bits per heavy atom. The van der Waals surface area contributed by atoms with E-state index >= 15 is 0 Å². The zero-order valence-electron chi connectivity index (χ0n) is 7.51. The first-order valence-corrected chi connectivity index (χ1v) is 6.26. The summed E-state index contributed by atoms with van der Waals surface area (Å²) in [5, 5.41) is -0.0503. The van der Waals surface area contributed by atoms with Crippen molar-refractivity contribution in [1.29, 1.82) is 0 Å². The average molecular weight is 247 g/mol. The van der Waals surface area contributed by atoms with Gasteiger partial charge >= 0.3 is 0 Å². The molecule has 2 heterocycles. The van der Waals surface area contributed by atoms with Crippen LogP contribution in [0.1, 0.15) is 0 Å². The van der Waals surface area contributed by atoms with E-state index in [1.165, 1.54) is 12.7 Å². The highest BCUT2D eigenvalue weighted by Crippen LogP contribution is 2.16. The van der Waals surface area contributed by atoms with Gasteiger partial charge in [0.05, 0.1) is 12.1 Å². The van der Waals surface area contributed by atoms with E-state index < -0.39 is 9.84 Å². The monoisotopic (exact) mass is 246 g/mol. The quantitative estimate of drug-likeness (QED) is 0.624. The number of aromatic amines is 1. The molecule has 8 heteroatoms. The van der Waals surface area contributed by atoms with Gasteiger partial charge in [0.1, 0.15) is 11.8 Å². The molecule has 1 N–H and O–H groups in total. The van der Waals surface area contributed by atoms with E-state index in [2.05, 4.69) is 19.9 Å². The highest BCUT2D eigenvalue weighted by molar-refractivity contribution is 7.91. The van der Waals surface area contributed by atoms with Gasteiger partial charge in [-0.25, -0.2) is 23.4 Å². The molecule has 0 aliphatic rings. The summed E-state index contributed by atoms with van der Waals surface area (Å²) in [5.74, 6) is -0.123. The molecular weight excluding hydrogens is 240 g/mol. The Bertz CT molecular complexity index is 579. The number of sulfone groups is 1. The van der Waals surface area contributed by atoms with Crippen LogP contribution in [0.4, 0.5) is 0 Å². The maximum atomic E-state index is 11.7. The largest absolute Gasteiger partial charge is 0.341 e. The van der Waals surface area contributed by atoms with Crippen LogP contribution in [0.3, 0.4) is 0 Å². The van der Waals surface area contributed by atoms with Crippen molar-refractivity contribution in [1.82, 2.24) is 19.9 Å². The molecule has 0 unspecified atom stereocenters. The summed E-state index contributed by atoms with van der Waals surface area (Å²) in [5.41, 5.74) is 0.653. The van der Waals surface area contributed by atoms with Gasteiger partial charge in [-0.15, -0.1) is 11.6 Å². The van der Waals surface area contributed by atoms with E-state index in [-0.39, 0.29) is 16.7 Å². The van der Waals surface area contributed by atoms with Crippen molar-refractivity contribution in [2.75, 3.05) is 11.6 Å². The molecule has 0 aliphatic carbocycles. The molecule has 0 aromatic carbocycles. The fourth-order valence-electron chi connectivity index (χ4n) is 1.18. The molecule has 0 saturated carbocycles. The Balaban J connectivity index is 2.66. The van der Waals surface area contributed by atoms with Gasteiger partial charge in [0.2, 0.25) is 0 Å². The summed E-state index contributed by atoms with van der Waals surface area (Å²) in [6, 6.07) is 0. The third-order valence-electron chi connectivity index (χ3n) is 1.83. The number of nitrogens with one attached hydrogen (secondary N) is 1. The molecule has 0 radical (unpaired) electrons.